The summed E-state index contributed by atoms with van der Waals surface area (Å²) in [5.74, 6) is 0.634. The molecule has 5 heteroatoms. The van der Waals surface area contributed by atoms with Crippen molar-refractivity contribution in [2.45, 2.75) is 19.4 Å². The van der Waals surface area contributed by atoms with Gasteiger partial charge in [-0.15, -0.1) is 0 Å². The van der Waals surface area contributed by atoms with E-state index in [9.17, 15) is 4.79 Å². The molecule has 1 fully saturated rings. The third kappa shape index (κ3) is 1.63. The third-order valence-corrected chi connectivity index (χ3v) is 2.33. The van der Waals surface area contributed by atoms with Gasteiger partial charge in [-0.2, -0.15) is 0 Å². The van der Waals surface area contributed by atoms with Gasteiger partial charge >= 0.3 is 0 Å². The smallest absolute Gasteiger partial charge is 0.291 e. The number of hydrogen-bond donors (Lipinski definition) is 1. The van der Waals surface area contributed by atoms with E-state index in [0.717, 1.165) is 25.9 Å². The number of oxazole rings is 1. The normalized spacial score (nSPS) is 16.2. The summed E-state index contributed by atoms with van der Waals surface area (Å²) < 4.78 is 5.18. The summed E-state index contributed by atoms with van der Waals surface area (Å²) >= 11 is 0. The average Bonchev–Trinajstić information content (AvgIpc) is 2.88. The fourth-order valence-electron chi connectivity index (χ4n) is 1.58. The first-order valence-electron chi connectivity index (χ1n) is 4.75. The molecule has 1 aliphatic rings. The lowest BCUT2D eigenvalue weighted by Gasteiger charge is -2.12. The van der Waals surface area contributed by atoms with Crippen LogP contribution in [0.15, 0.2) is 10.6 Å². The van der Waals surface area contributed by atoms with Crippen molar-refractivity contribution in [3.8, 4) is 0 Å². The molecule has 1 aliphatic heterocycles. The van der Waals surface area contributed by atoms with Crippen molar-refractivity contribution >= 4 is 5.91 Å². The Kier molecular flexibility index (Phi) is 2.49. The van der Waals surface area contributed by atoms with Gasteiger partial charge < -0.3 is 15.1 Å². The van der Waals surface area contributed by atoms with E-state index in [0.29, 0.717) is 11.7 Å². The summed E-state index contributed by atoms with van der Waals surface area (Å²) in [4.78, 5) is 17.4. The SMILES string of the molecule is NCc1ncc(C(=O)N2CCCC2)o1. The average molecular weight is 195 g/mol. The van der Waals surface area contributed by atoms with Gasteiger partial charge in [0, 0.05) is 13.1 Å². The first-order valence-corrected chi connectivity index (χ1v) is 4.75. The van der Waals surface area contributed by atoms with E-state index in [1.165, 1.54) is 6.20 Å². The summed E-state index contributed by atoms with van der Waals surface area (Å²) in [5.41, 5.74) is 5.34. The molecule has 5 nitrogen and oxygen atoms in total. The molecule has 2 rings (SSSR count). The second-order valence-corrected chi connectivity index (χ2v) is 3.32. The number of rotatable bonds is 2. The minimum Gasteiger partial charge on any atom is -0.434 e. The third-order valence-electron chi connectivity index (χ3n) is 2.33. The van der Waals surface area contributed by atoms with Gasteiger partial charge in [-0.3, -0.25) is 4.79 Å². The highest BCUT2D eigenvalue weighted by Crippen LogP contribution is 2.13. The maximum atomic E-state index is 11.7. The maximum absolute atomic E-state index is 11.7. The van der Waals surface area contributed by atoms with E-state index < -0.39 is 0 Å². The van der Waals surface area contributed by atoms with Crippen LogP contribution in [0.25, 0.3) is 0 Å². The van der Waals surface area contributed by atoms with E-state index in [2.05, 4.69) is 4.98 Å². The Hall–Kier alpha value is -1.36. The minimum atomic E-state index is -0.0744. The topological polar surface area (TPSA) is 72.4 Å². The summed E-state index contributed by atoms with van der Waals surface area (Å²) in [7, 11) is 0. The van der Waals surface area contributed by atoms with Crippen molar-refractivity contribution in [2.24, 2.45) is 5.73 Å². The zero-order chi connectivity index (χ0) is 9.97. The van der Waals surface area contributed by atoms with Crippen LogP contribution in [-0.4, -0.2) is 28.9 Å². The zero-order valence-electron chi connectivity index (χ0n) is 7.90. The summed E-state index contributed by atoms with van der Waals surface area (Å²) in [6.07, 6.45) is 3.59. The fourth-order valence-corrected chi connectivity index (χ4v) is 1.58. The Morgan fingerprint density at radius 2 is 2.29 bits per heavy atom. The molecule has 0 aliphatic carbocycles. The molecule has 76 valence electrons. The largest absolute Gasteiger partial charge is 0.434 e. The Labute approximate surface area is 81.9 Å². The molecule has 0 radical (unpaired) electrons. The predicted molar refractivity (Wildman–Crippen MR) is 49.5 cm³/mol. The number of carbonyl (C=O) groups is 1. The van der Waals surface area contributed by atoms with Crippen molar-refractivity contribution < 1.29 is 9.21 Å². The summed E-state index contributed by atoms with van der Waals surface area (Å²) in [6, 6.07) is 0. The van der Waals surface area contributed by atoms with Crippen LogP contribution in [0, 0.1) is 0 Å². The van der Waals surface area contributed by atoms with Crippen molar-refractivity contribution in [3.05, 3.63) is 17.8 Å². The highest BCUT2D eigenvalue weighted by Gasteiger charge is 2.22. The van der Waals surface area contributed by atoms with Crippen molar-refractivity contribution in [2.75, 3.05) is 13.1 Å². The maximum Gasteiger partial charge on any atom is 0.291 e. The quantitative estimate of drug-likeness (QED) is 0.740. The molecule has 0 aromatic carbocycles. The van der Waals surface area contributed by atoms with Gasteiger partial charge in [-0.1, -0.05) is 0 Å². The van der Waals surface area contributed by atoms with Gasteiger partial charge in [-0.25, -0.2) is 4.98 Å². The molecule has 0 spiro atoms. The predicted octanol–water partition coefficient (Wildman–Crippen LogP) is 0.369. The standard InChI is InChI=1S/C9H13N3O2/c10-5-8-11-6-7(14-8)9(13)12-3-1-2-4-12/h6H,1-5,10H2. The van der Waals surface area contributed by atoms with Gasteiger partial charge in [0.05, 0.1) is 12.7 Å². The number of amides is 1. The van der Waals surface area contributed by atoms with Gasteiger partial charge in [0.25, 0.3) is 5.91 Å². The van der Waals surface area contributed by atoms with Crippen LogP contribution in [0.1, 0.15) is 29.3 Å². The lowest BCUT2D eigenvalue weighted by Crippen LogP contribution is -2.27. The van der Waals surface area contributed by atoms with E-state index in [4.69, 9.17) is 10.2 Å². The molecule has 0 bridgehead atoms. The fraction of sp³-hybridized carbons (Fsp3) is 0.556. The summed E-state index contributed by atoms with van der Waals surface area (Å²) in [6.45, 7) is 1.86. The van der Waals surface area contributed by atoms with Gasteiger partial charge in [-0.05, 0) is 12.8 Å². The van der Waals surface area contributed by atoms with Crippen molar-refractivity contribution in [1.29, 1.82) is 0 Å². The number of likely N-dealkylation sites (tertiary alicyclic amines) is 1. The Balaban J connectivity index is 2.09. The molecule has 2 heterocycles. The number of carbonyl (C=O) groups excluding carboxylic acids is 1. The van der Waals surface area contributed by atoms with Crippen LogP contribution in [0.5, 0.6) is 0 Å². The van der Waals surface area contributed by atoms with Crippen LogP contribution < -0.4 is 5.73 Å². The summed E-state index contributed by atoms with van der Waals surface area (Å²) in [5, 5.41) is 0. The second-order valence-electron chi connectivity index (χ2n) is 3.32. The molecule has 1 saturated heterocycles. The monoisotopic (exact) mass is 195 g/mol. The van der Waals surface area contributed by atoms with E-state index >= 15 is 0 Å². The minimum absolute atomic E-state index is 0.0744. The molecule has 1 aromatic rings. The van der Waals surface area contributed by atoms with Crippen LogP contribution in [0.4, 0.5) is 0 Å². The number of nitrogens with two attached hydrogens (primary N) is 1. The van der Waals surface area contributed by atoms with Crippen LogP contribution in [0.2, 0.25) is 0 Å². The number of hydrogen-bond acceptors (Lipinski definition) is 4. The molecule has 1 amide bonds. The van der Waals surface area contributed by atoms with Gasteiger partial charge in [0.15, 0.2) is 0 Å². The Morgan fingerprint density at radius 1 is 1.57 bits per heavy atom. The lowest BCUT2D eigenvalue weighted by molar-refractivity contribution is 0.0759. The second kappa shape index (κ2) is 3.79. The molecule has 0 unspecified atom stereocenters. The first-order chi connectivity index (χ1) is 6.81. The highest BCUT2D eigenvalue weighted by atomic mass is 16.4. The molecule has 14 heavy (non-hydrogen) atoms. The van der Waals surface area contributed by atoms with Gasteiger partial charge in [0.2, 0.25) is 11.7 Å². The Bertz CT molecular complexity index is 329. The van der Waals surface area contributed by atoms with Crippen molar-refractivity contribution in [1.82, 2.24) is 9.88 Å². The molecular formula is C9H13N3O2. The number of aromatic nitrogens is 1. The first kappa shape index (κ1) is 9.21. The van der Waals surface area contributed by atoms with Crippen LogP contribution in [-0.2, 0) is 6.54 Å². The Morgan fingerprint density at radius 3 is 2.86 bits per heavy atom. The molecule has 0 saturated carbocycles. The number of nitrogens with zero attached hydrogens (tertiary/aromatic N) is 2. The van der Waals surface area contributed by atoms with Crippen LogP contribution in [0.3, 0.4) is 0 Å². The van der Waals surface area contributed by atoms with Gasteiger partial charge in [0.1, 0.15) is 0 Å². The van der Waals surface area contributed by atoms with Crippen LogP contribution >= 0.6 is 0 Å². The lowest BCUT2D eigenvalue weighted by atomic mass is 10.4. The van der Waals surface area contributed by atoms with E-state index in [-0.39, 0.29) is 12.5 Å². The molecular weight excluding hydrogens is 182 g/mol. The molecule has 0 atom stereocenters. The zero-order valence-corrected chi connectivity index (χ0v) is 7.90. The molecule has 1 aromatic heterocycles. The van der Waals surface area contributed by atoms with E-state index in [1.807, 2.05) is 0 Å². The molecule has 2 N–H and O–H groups in total. The highest BCUT2D eigenvalue weighted by molar-refractivity contribution is 5.91. The van der Waals surface area contributed by atoms with E-state index in [1.54, 1.807) is 4.90 Å². The van der Waals surface area contributed by atoms with Crippen molar-refractivity contribution in [3.63, 3.8) is 0 Å².